The first-order valence-corrected chi connectivity index (χ1v) is 8.56. The van der Waals surface area contributed by atoms with E-state index in [1.807, 2.05) is 0 Å². The molecule has 2 unspecified atom stereocenters. The maximum absolute atomic E-state index is 5.76. The Balaban J connectivity index is 2.70. The van der Waals surface area contributed by atoms with Crippen molar-refractivity contribution in [2.24, 2.45) is 0 Å². The average molecular weight is 298 g/mol. The number of rotatable bonds is 8. The third-order valence-corrected chi connectivity index (χ3v) is 4.24. The highest BCUT2D eigenvalue weighted by Gasteiger charge is 2.21. The van der Waals surface area contributed by atoms with E-state index in [0.29, 0.717) is 6.04 Å². The van der Waals surface area contributed by atoms with Gasteiger partial charge in [0.15, 0.2) is 0 Å². The quantitative estimate of drug-likeness (QED) is 0.793. The molecule has 1 N–H and O–H groups in total. The molecule has 0 fully saturated rings. The highest BCUT2D eigenvalue weighted by Crippen LogP contribution is 2.24. The van der Waals surface area contributed by atoms with Crippen LogP contribution in [0.3, 0.4) is 0 Å². The van der Waals surface area contributed by atoms with Gasteiger partial charge in [0, 0.05) is 29.9 Å². The maximum Gasteiger partial charge on any atom is 0.0945 e. The Labute approximate surface area is 128 Å². The van der Waals surface area contributed by atoms with Gasteiger partial charge < -0.3 is 10.1 Å². The summed E-state index contributed by atoms with van der Waals surface area (Å²) in [5.41, 5.74) is 1.32. The fourth-order valence-corrected chi connectivity index (χ4v) is 3.13. The third kappa shape index (κ3) is 5.51. The fraction of sp³-hybridized carbons (Fsp3) is 0.812. The van der Waals surface area contributed by atoms with E-state index in [1.54, 1.807) is 11.3 Å². The molecule has 0 saturated heterocycles. The van der Waals surface area contributed by atoms with Crippen molar-refractivity contribution < 1.29 is 4.74 Å². The largest absolute Gasteiger partial charge is 0.377 e. The van der Waals surface area contributed by atoms with Gasteiger partial charge in [-0.05, 0) is 26.8 Å². The first-order chi connectivity index (χ1) is 9.38. The Hall–Kier alpha value is -0.450. The Bertz CT molecular complexity index is 384. The first kappa shape index (κ1) is 17.6. The number of hydrogen-bond acceptors (Lipinski definition) is 4. The van der Waals surface area contributed by atoms with Gasteiger partial charge in [-0.25, -0.2) is 4.98 Å². The molecule has 1 aromatic rings. The predicted octanol–water partition coefficient (Wildman–Crippen LogP) is 3.78. The molecule has 0 amide bonds. The summed E-state index contributed by atoms with van der Waals surface area (Å²) in [5.74, 6) is 0. The van der Waals surface area contributed by atoms with Crippen molar-refractivity contribution in [3.63, 3.8) is 0 Å². The van der Waals surface area contributed by atoms with Crippen molar-refractivity contribution in [3.05, 3.63) is 16.1 Å². The Morgan fingerprint density at radius 1 is 1.35 bits per heavy atom. The molecule has 116 valence electrons. The molecule has 0 saturated carbocycles. The van der Waals surface area contributed by atoms with E-state index >= 15 is 0 Å². The lowest BCUT2D eigenvalue weighted by molar-refractivity contribution is 0.0476. The molecular weight excluding hydrogens is 268 g/mol. The summed E-state index contributed by atoms with van der Waals surface area (Å²) >= 11 is 1.77. The van der Waals surface area contributed by atoms with Gasteiger partial charge in [-0.2, -0.15) is 0 Å². The van der Waals surface area contributed by atoms with Gasteiger partial charge in [-0.1, -0.05) is 27.7 Å². The smallest absolute Gasteiger partial charge is 0.0945 e. The highest BCUT2D eigenvalue weighted by atomic mass is 32.1. The molecule has 0 spiro atoms. The summed E-state index contributed by atoms with van der Waals surface area (Å²) in [4.78, 5) is 4.79. The van der Waals surface area contributed by atoms with E-state index in [1.165, 1.54) is 10.7 Å². The fourth-order valence-electron chi connectivity index (χ4n) is 2.05. The molecule has 20 heavy (non-hydrogen) atoms. The number of hydrogen-bond donors (Lipinski definition) is 1. The average Bonchev–Trinajstić information content (AvgIpc) is 2.83. The molecule has 1 heterocycles. The monoisotopic (exact) mass is 298 g/mol. The minimum atomic E-state index is 0.132. The molecule has 0 aliphatic heterocycles. The van der Waals surface area contributed by atoms with Crippen LogP contribution < -0.4 is 5.32 Å². The van der Waals surface area contributed by atoms with Crippen molar-refractivity contribution in [1.29, 1.82) is 0 Å². The van der Waals surface area contributed by atoms with E-state index < -0.39 is 0 Å². The minimum Gasteiger partial charge on any atom is -0.377 e. The summed E-state index contributed by atoms with van der Waals surface area (Å²) in [6.07, 6.45) is 2.30. The Kier molecular flexibility index (Phi) is 7.13. The molecule has 0 aliphatic rings. The zero-order valence-corrected chi connectivity index (χ0v) is 14.6. The normalized spacial score (nSPS) is 15.3. The second-order valence-electron chi connectivity index (χ2n) is 6.30. The standard InChI is InChI=1S/C16H30N2OS/c1-7-9-17-13(12(3)19-8-2)10-15-18-14(11-20-15)16(4,5)6/h11-13,17H,7-10H2,1-6H3. The topological polar surface area (TPSA) is 34.2 Å². The van der Waals surface area contributed by atoms with Crippen molar-refractivity contribution in [2.45, 2.75) is 71.9 Å². The number of ether oxygens (including phenoxy) is 1. The first-order valence-electron chi connectivity index (χ1n) is 7.68. The molecule has 1 rings (SSSR count). The van der Waals surface area contributed by atoms with E-state index in [-0.39, 0.29) is 11.5 Å². The number of aromatic nitrogens is 1. The molecule has 1 aromatic heterocycles. The van der Waals surface area contributed by atoms with Crippen LogP contribution in [0, 0.1) is 0 Å². The second kappa shape index (κ2) is 8.11. The molecule has 0 radical (unpaired) electrons. The molecule has 0 aromatic carbocycles. The summed E-state index contributed by atoms with van der Waals surface area (Å²) < 4.78 is 5.76. The van der Waals surface area contributed by atoms with Gasteiger partial charge in [-0.3, -0.25) is 0 Å². The minimum absolute atomic E-state index is 0.132. The number of nitrogens with one attached hydrogen (secondary N) is 1. The molecular formula is C16H30N2OS. The van der Waals surface area contributed by atoms with E-state index in [2.05, 4.69) is 52.2 Å². The van der Waals surface area contributed by atoms with E-state index in [9.17, 15) is 0 Å². The summed E-state index contributed by atoms with van der Waals surface area (Å²) in [6.45, 7) is 14.8. The number of thiazole rings is 1. The van der Waals surface area contributed by atoms with Gasteiger partial charge in [0.25, 0.3) is 0 Å². The molecule has 0 bridgehead atoms. The lowest BCUT2D eigenvalue weighted by Gasteiger charge is -2.24. The van der Waals surface area contributed by atoms with Gasteiger partial charge in [0.2, 0.25) is 0 Å². The van der Waals surface area contributed by atoms with Crippen LogP contribution in [-0.2, 0) is 16.6 Å². The van der Waals surface area contributed by atoms with Crippen molar-refractivity contribution in [2.75, 3.05) is 13.2 Å². The van der Waals surface area contributed by atoms with Crippen LogP contribution in [0.5, 0.6) is 0 Å². The SMILES string of the molecule is CCCNC(Cc1nc(C(C)(C)C)cs1)C(C)OCC. The highest BCUT2D eigenvalue weighted by molar-refractivity contribution is 7.09. The molecule has 0 aliphatic carbocycles. The van der Waals surface area contributed by atoms with Crippen LogP contribution in [0.25, 0.3) is 0 Å². The lowest BCUT2D eigenvalue weighted by atomic mass is 9.93. The summed E-state index contributed by atoms with van der Waals surface area (Å²) in [6, 6.07) is 0.342. The maximum atomic E-state index is 5.76. The van der Waals surface area contributed by atoms with Crippen LogP contribution in [-0.4, -0.2) is 30.3 Å². The second-order valence-corrected chi connectivity index (χ2v) is 7.24. The summed E-state index contributed by atoms with van der Waals surface area (Å²) in [7, 11) is 0. The predicted molar refractivity (Wildman–Crippen MR) is 87.7 cm³/mol. The van der Waals surface area contributed by atoms with Gasteiger partial charge in [0.05, 0.1) is 16.8 Å². The van der Waals surface area contributed by atoms with Crippen LogP contribution in [0.4, 0.5) is 0 Å². The zero-order chi connectivity index (χ0) is 15.2. The lowest BCUT2D eigenvalue weighted by Crippen LogP contribution is -2.42. The van der Waals surface area contributed by atoms with E-state index in [0.717, 1.165) is 26.0 Å². The van der Waals surface area contributed by atoms with Crippen LogP contribution in [0.15, 0.2) is 5.38 Å². The molecule has 2 atom stereocenters. The Morgan fingerprint density at radius 2 is 2.05 bits per heavy atom. The number of nitrogens with zero attached hydrogens (tertiary/aromatic N) is 1. The zero-order valence-electron chi connectivity index (χ0n) is 13.8. The van der Waals surface area contributed by atoms with Gasteiger partial charge >= 0.3 is 0 Å². The van der Waals surface area contributed by atoms with Crippen LogP contribution in [0.1, 0.15) is 58.7 Å². The van der Waals surface area contributed by atoms with Crippen molar-refractivity contribution in [3.8, 4) is 0 Å². The van der Waals surface area contributed by atoms with Crippen molar-refractivity contribution >= 4 is 11.3 Å². The van der Waals surface area contributed by atoms with E-state index in [4.69, 9.17) is 9.72 Å². The molecule has 4 heteroatoms. The van der Waals surface area contributed by atoms with Gasteiger partial charge in [-0.15, -0.1) is 11.3 Å². The van der Waals surface area contributed by atoms with Gasteiger partial charge in [0.1, 0.15) is 0 Å². The van der Waals surface area contributed by atoms with Crippen molar-refractivity contribution in [1.82, 2.24) is 10.3 Å². The van der Waals surface area contributed by atoms with Crippen LogP contribution in [0.2, 0.25) is 0 Å². The Morgan fingerprint density at radius 3 is 2.55 bits per heavy atom. The summed E-state index contributed by atoms with van der Waals surface area (Å²) in [5, 5.41) is 6.99. The third-order valence-electron chi connectivity index (χ3n) is 3.37. The van der Waals surface area contributed by atoms with Crippen LogP contribution >= 0.6 is 11.3 Å². The molecule has 3 nitrogen and oxygen atoms in total.